The van der Waals surface area contributed by atoms with Gasteiger partial charge >= 0.3 is 5.97 Å². The number of carbonyl (C=O) groups is 1. The molecule has 2 heterocycles. The van der Waals surface area contributed by atoms with Gasteiger partial charge in [-0.1, -0.05) is 30.3 Å². The third kappa shape index (κ3) is 3.66. The Balaban J connectivity index is 1.75. The molecule has 1 aliphatic rings. The summed E-state index contributed by atoms with van der Waals surface area (Å²) in [5.74, 6) is 0.0959. The summed E-state index contributed by atoms with van der Waals surface area (Å²) in [4.78, 5) is 17.1. The summed E-state index contributed by atoms with van der Waals surface area (Å²) in [6, 6.07) is 14.0. The number of fused-ring (bicyclic) bond motifs is 1. The van der Waals surface area contributed by atoms with Gasteiger partial charge in [-0.3, -0.25) is 0 Å². The van der Waals surface area contributed by atoms with Gasteiger partial charge in [-0.25, -0.2) is 14.5 Å². The topological polar surface area (TPSA) is 89.3 Å². The van der Waals surface area contributed by atoms with Gasteiger partial charge < -0.3 is 15.2 Å². The zero-order chi connectivity index (χ0) is 23.9. The van der Waals surface area contributed by atoms with E-state index in [0.29, 0.717) is 11.6 Å². The summed E-state index contributed by atoms with van der Waals surface area (Å²) >= 11 is 1.58. The number of benzene rings is 2. The number of allylic oxidation sites excluding steroid dienone is 1. The summed E-state index contributed by atoms with van der Waals surface area (Å²) in [7, 11) is 1.53. The molecular formula is C26H24N4O3S. The predicted molar refractivity (Wildman–Crippen MR) is 134 cm³/mol. The van der Waals surface area contributed by atoms with Crippen LogP contribution in [-0.2, 0) is 9.53 Å². The average molecular weight is 473 g/mol. The fourth-order valence-corrected chi connectivity index (χ4v) is 4.97. The van der Waals surface area contributed by atoms with E-state index in [4.69, 9.17) is 9.84 Å². The maximum atomic E-state index is 12.6. The first-order chi connectivity index (χ1) is 16.4. The maximum Gasteiger partial charge on any atom is 0.333 e. The predicted octanol–water partition coefficient (Wildman–Crippen LogP) is 5.49. The normalized spacial score (nSPS) is 17.6. The summed E-state index contributed by atoms with van der Waals surface area (Å²) in [5, 5.41) is 18.5. The van der Waals surface area contributed by atoms with Crippen molar-refractivity contribution in [3.8, 4) is 16.8 Å². The van der Waals surface area contributed by atoms with E-state index in [1.165, 1.54) is 7.11 Å². The van der Waals surface area contributed by atoms with Crippen molar-refractivity contribution < 1.29 is 14.6 Å². The molecule has 0 aliphatic heterocycles. The highest BCUT2D eigenvalue weighted by Crippen LogP contribution is 2.39. The molecule has 1 unspecified atom stereocenters. The smallest absolute Gasteiger partial charge is 0.333 e. The fraction of sp³-hybridized carbons (Fsp3) is 0.192. The van der Waals surface area contributed by atoms with Crippen LogP contribution in [0, 0.1) is 13.8 Å². The second kappa shape index (κ2) is 8.46. The lowest BCUT2D eigenvalue weighted by molar-refractivity contribution is -0.140. The number of ether oxygens (including phenoxy) is 1. The molecule has 7 nitrogen and oxygen atoms in total. The van der Waals surface area contributed by atoms with Crippen LogP contribution in [0.25, 0.3) is 27.0 Å². The van der Waals surface area contributed by atoms with E-state index in [2.05, 4.69) is 10.3 Å². The molecular weight excluding hydrogens is 448 g/mol. The Morgan fingerprint density at radius 3 is 2.82 bits per heavy atom. The molecule has 5 rings (SSSR count). The molecule has 0 bridgehead atoms. The molecule has 0 spiro atoms. The molecule has 0 radical (unpaired) electrons. The Bertz CT molecular complexity index is 1470. The minimum atomic E-state index is -1.40. The lowest BCUT2D eigenvalue weighted by atomic mass is 9.90. The Kier molecular flexibility index (Phi) is 5.45. The molecule has 0 fully saturated rings. The molecule has 2 N–H and O–H groups in total. The van der Waals surface area contributed by atoms with Crippen LogP contribution < -0.4 is 5.32 Å². The van der Waals surface area contributed by atoms with Gasteiger partial charge in [-0.05, 0) is 55.3 Å². The SMILES string of the molecule is COC1=CC(Nc2c(-c3ccc4scnc4c3)c(C)nn2-c2ccccc2C)(C(=O)O)CC=C1. The number of aliphatic carboxylic acids is 1. The maximum absolute atomic E-state index is 12.6. The number of hydrogen-bond donors (Lipinski definition) is 2. The molecule has 172 valence electrons. The van der Waals surface area contributed by atoms with Gasteiger partial charge in [0.15, 0.2) is 5.54 Å². The van der Waals surface area contributed by atoms with Crippen LogP contribution in [0.1, 0.15) is 17.7 Å². The van der Waals surface area contributed by atoms with E-state index >= 15 is 0 Å². The highest BCUT2D eigenvalue weighted by atomic mass is 32.1. The molecule has 4 aromatic rings. The molecule has 1 aliphatic carbocycles. The highest BCUT2D eigenvalue weighted by Gasteiger charge is 2.40. The van der Waals surface area contributed by atoms with Crippen molar-refractivity contribution in [1.29, 1.82) is 0 Å². The Labute approximate surface area is 201 Å². The number of rotatable bonds is 6. The summed E-state index contributed by atoms with van der Waals surface area (Å²) < 4.78 is 8.26. The molecule has 0 saturated carbocycles. The summed E-state index contributed by atoms with van der Waals surface area (Å²) in [6.45, 7) is 3.95. The number of carboxylic acid groups (broad SMARTS) is 1. The number of nitrogens with zero attached hydrogens (tertiary/aromatic N) is 3. The zero-order valence-electron chi connectivity index (χ0n) is 19.1. The number of thiazole rings is 1. The number of aryl methyl sites for hydroxylation is 2. The number of aromatic nitrogens is 3. The number of hydrogen-bond acceptors (Lipinski definition) is 6. The van der Waals surface area contributed by atoms with Crippen LogP contribution in [0.3, 0.4) is 0 Å². The number of anilines is 1. The first kappa shape index (κ1) is 21.9. The monoisotopic (exact) mass is 472 g/mol. The van der Waals surface area contributed by atoms with Crippen molar-refractivity contribution in [2.45, 2.75) is 25.8 Å². The Morgan fingerprint density at radius 2 is 2.06 bits per heavy atom. The molecule has 0 amide bonds. The van der Waals surface area contributed by atoms with Gasteiger partial charge in [-0.2, -0.15) is 5.10 Å². The van der Waals surface area contributed by atoms with E-state index in [0.717, 1.165) is 38.3 Å². The molecule has 0 saturated heterocycles. The van der Waals surface area contributed by atoms with Crippen molar-refractivity contribution in [3.63, 3.8) is 0 Å². The van der Waals surface area contributed by atoms with E-state index in [-0.39, 0.29) is 6.42 Å². The third-order valence-corrected chi connectivity index (χ3v) is 6.90. The minimum Gasteiger partial charge on any atom is -0.497 e. The van der Waals surface area contributed by atoms with Crippen LogP contribution in [0.15, 0.2) is 72.0 Å². The lowest BCUT2D eigenvalue weighted by Gasteiger charge is -2.31. The van der Waals surface area contributed by atoms with Crippen LogP contribution in [0.5, 0.6) is 0 Å². The van der Waals surface area contributed by atoms with E-state index < -0.39 is 11.5 Å². The van der Waals surface area contributed by atoms with Crippen molar-refractivity contribution >= 4 is 33.3 Å². The summed E-state index contributed by atoms with van der Waals surface area (Å²) in [6.07, 6.45) is 5.47. The second-order valence-electron chi connectivity index (χ2n) is 8.30. The van der Waals surface area contributed by atoms with Crippen LogP contribution >= 0.6 is 11.3 Å². The number of nitrogens with one attached hydrogen (secondary N) is 1. The average Bonchev–Trinajstić information content (AvgIpc) is 3.43. The zero-order valence-corrected chi connectivity index (χ0v) is 19.9. The van der Waals surface area contributed by atoms with E-state index in [1.807, 2.05) is 67.9 Å². The van der Waals surface area contributed by atoms with Crippen molar-refractivity contribution in [2.24, 2.45) is 0 Å². The summed E-state index contributed by atoms with van der Waals surface area (Å²) in [5.41, 5.74) is 5.75. The van der Waals surface area contributed by atoms with Crippen LogP contribution in [0.2, 0.25) is 0 Å². The van der Waals surface area contributed by atoms with Crippen molar-refractivity contribution in [1.82, 2.24) is 14.8 Å². The second-order valence-corrected chi connectivity index (χ2v) is 9.19. The first-order valence-electron chi connectivity index (χ1n) is 10.9. The van der Waals surface area contributed by atoms with Crippen molar-refractivity contribution in [3.05, 3.63) is 83.2 Å². The molecule has 2 aromatic heterocycles. The van der Waals surface area contributed by atoms with E-state index in [9.17, 15) is 9.90 Å². The number of methoxy groups -OCH3 is 1. The van der Waals surface area contributed by atoms with Crippen LogP contribution in [0.4, 0.5) is 5.82 Å². The molecule has 8 heteroatoms. The van der Waals surface area contributed by atoms with Gasteiger partial charge in [0.25, 0.3) is 0 Å². The van der Waals surface area contributed by atoms with E-state index in [1.54, 1.807) is 28.2 Å². The Hall–Kier alpha value is -3.91. The van der Waals surface area contributed by atoms with Crippen molar-refractivity contribution in [2.75, 3.05) is 12.4 Å². The standard InChI is InChI=1S/C26H24N4O3S/c1-16-7-4-5-9-21(16)30-24(28-26(25(31)32)12-6-8-19(14-26)33-3)23(17(2)29-30)18-10-11-22-20(13-18)27-15-34-22/h4-11,13-15,28H,12H2,1-3H3,(H,31,32). The van der Waals surface area contributed by atoms with Gasteiger partial charge in [0, 0.05) is 12.0 Å². The molecule has 34 heavy (non-hydrogen) atoms. The van der Waals surface area contributed by atoms with Gasteiger partial charge in [0.1, 0.15) is 11.6 Å². The van der Waals surface area contributed by atoms with Gasteiger partial charge in [-0.15, -0.1) is 11.3 Å². The van der Waals surface area contributed by atoms with Gasteiger partial charge in [0.2, 0.25) is 0 Å². The van der Waals surface area contributed by atoms with Gasteiger partial charge in [0.05, 0.1) is 34.2 Å². The quantitative estimate of drug-likeness (QED) is 0.386. The molecule has 2 aromatic carbocycles. The third-order valence-electron chi connectivity index (χ3n) is 6.09. The minimum absolute atomic E-state index is 0.262. The van der Waals surface area contributed by atoms with Crippen LogP contribution in [-0.4, -0.2) is 38.5 Å². The first-order valence-corrected chi connectivity index (χ1v) is 11.7. The largest absolute Gasteiger partial charge is 0.497 e. The number of carboxylic acids is 1. The Morgan fingerprint density at radius 1 is 1.24 bits per heavy atom. The fourth-order valence-electron chi connectivity index (χ4n) is 4.32. The molecule has 1 atom stereocenters. The lowest BCUT2D eigenvalue weighted by Crippen LogP contribution is -2.46. The number of para-hydroxylation sites is 1. The highest BCUT2D eigenvalue weighted by molar-refractivity contribution is 7.16.